The number of carbonyl (C=O) groups excluding carboxylic acids is 2. The summed E-state index contributed by atoms with van der Waals surface area (Å²) in [6, 6.07) is 9.17. The van der Waals surface area contributed by atoms with Crippen LogP contribution in [0.15, 0.2) is 42.2 Å². The molecule has 0 bridgehead atoms. The lowest BCUT2D eigenvalue weighted by atomic mass is 9.92. The van der Waals surface area contributed by atoms with Crippen LogP contribution in [0.2, 0.25) is 0 Å². The van der Waals surface area contributed by atoms with E-state index in [1.165, 1.54) is 6.08 Å². The number of nitrogens with one attached hydrogen (secondary N) is 1. The highest BCUT2D eigenvalue weighted by molar-refractivity contribution is 7.99. The highest BCUT2D eigenvalue weighted by atomic mass is 32.2. The minimum atomic E-state index is -1.12. The van der Waals surface area contributed by atoms with E-state index in [2.05, 4.69) is 5.32 Å². The van der Waals surface area contributed by atoms with Crippen LogP contribution < -0.4 is 11.1 Å². The van der Waals surface area contributed by atoms with E-state index >= 15 is 0 Å². The minimum Gasteiger partial charge on any atom is -0.469 e. The summed E-state index contributed by atoms with van der Waals surface area (Å²) in [5.41, 5.74) is 5.01. The molecule has 0 aliphatic carbocycles. The quantitative estimate of drug-likeness (QED) is 0.738. The van der Waals surface area contributed by atoms with Crippen LogP contribution in [-0.4, -0.2) is 36.3 Å². The Morgan fingerprint density at radius 2 is 2.05 bits per heavy atom. The van der Waals surface area contributed by atoms with Crippen molar-refractivity contribution in [1.82, 2.24) is 5.32 Å². The summed E-state index contributed by atoms with van der Waals surface area (Å²) in [6.07, 6.45) is 1.27. The molecule has 1 atom stereocenters. The summed E-state index contributed by atoms with van der Waals surface area (Å²) in [7, 11) is 0. The number of amides is 1. The van der Waals surface area contributed by atoms with Gasteiger partial charge in [-0.05, 0) is 6.92 Å². The molecule has 0 saturated carbocycles. The van der Waals surface area contributed by atoms with Crippen LogP contribution in [-0.2, 0) is 19.9 Å². The Kier molecular flexibility index (Phi) is 5.63. The number of ether oxygens (including phenoxy) is 1. The van der Waals surface area contributed by atoms with Gasteiger partial charge in [0.2, 0.25) is 5.78 Å². The zero-order valence-electron chi connectivity index (χ0n) is 12.5. The maximum atomic E-state index is 12.2. The van der Waals surface area contributed by atoms with Gasteiger partial charge in [-0.15, -0.1) is 0 Å². The van der Waals surface area contributed by atoms with Crippen molar-refractivity contribution >= 4 is 23.5 Å². The minimum absolute atomic E-state index is 0.0696. The van der Waals surface area contributed by atoms with Gasteiger partial charge < -0.3 is 15.8 Å². The lowest BCUT2D eigenvalue weighted by Crippen LogP contribution is -2.32. The highest BCUT2D eigenvalue weighted by Crippen LogP contribution is 2.34. The predicted molar refractivity (Wildman–Crippen MR) is 87.4 cm³/mol. The Bertz CT molecular complexity index is 574. The van der Waals surface area contributed by atoms with Crippen LogP contribution in [0.4, 0.5) is 0 Å². The lowest BCUT2D eigenvalue weighted by molar-refractivity contribution is -0.132. The molecule has 1 aliphatic rings. The molecule has 1 aromatic rings. The van der Waals surface area contributed by atoms with E-state index < -0.39 is 5.60 Å². The van der Waals surface area contributed by atoms with Crippen molar-refractivity contribution in [1.29, 1.82) is 0 Å². The van der Waals surface area contributed by atoms with E-state index in [4.69, 9.17) is 10.5 Å². The number of hydrogen-bond acceptors (Lipinski definition) is 5. The van der Waals surface area contributed by atoms with Gasteiger partial charge in [0.25, 0.3) is 5.91 Å². The lowest BCUT2D eigenvalue weighted by Gasteiger charge is -2.23. The number of carbonyl (C=O) groups is 2. The first-order valence-corrected chi connectivity index (χ1v) is 8.30. The molecule has 1 heterocycles. The molecule has 0 saturated heterocycles. The van der Waals surface area contributed by atoms with Crippen LogP contribution >= 0.6 is 11.8 Å². The largest absolute Gasteiger partial charge is 0.469 e. The molecule has 1 aromatic carbocycles. The van der Waals surface area contributed by atoms with Crippen LogP contribution in [0.3, 0.4) is 0 Å². The van der Waals surface area contributed by atoms with E-state index in [-0.39, 0.29) is 17.4 Å². The molecule has 0 fully saturated rings. The Balaban J connectivity index is 1.93. The van der Waals surface area contributed by atoms with Crippen molar-refractivity contribution in [3.8, 4) is 0 Å². The maximum absolute atomic E-state index is 12.2. The van der Waals surface area contributed by atoms with Gasteiger partial charge >= 0.3 is 0 Å². The van der Waals surface area contributed by atoms with Gasteiger partial charge in [0.1, 0.15) is 0 Å². The second-order valence-corrected chi connectivity index (χ2v) is 6.26. The first-order chi connectivity index (χ1) is 10.6. The number of nitrogens with two attached hydrogens (primary N) is 1. The fraction of sp³-hybridized carbons (Fsp3) is 0.375. The Morgan fingerprint density at radius 3 is 2.73 bits per heavy atom. The molecular formula is C16H20N2O3S. The molecule has 118 valence electrons. The molecule has 0 aromatic heterocycles. The molecule has 6 heteroatoms. The van der Waals surface area contributed by atoms with Gasteiger partial charge in [-0.2, -0.15) is 11.8 Å². The van der Waals surface area contributed by atoms with Crippen LogP contribution in [0.5, 0.6) is 0 Å². The fourth-order valence-corrected chi connectivity index (χ4v) is 2.75. The first kappa shape index (κ1) is 16.6. The van der Waals surface area contributed by atoms with E-state index in [0.29, 0.717) is 13.1 Å². The van der Waals surface area contributed by atoms with Gasteiger partial charge in [-0.3, -0.25) is 9.59 Å². The van der Waals surface area contributed by atoms with Gasteiger partial charge in [0, 0.05) is 36.2 Å². The summed E-state index contributed by atoms with van der Waals surface area (Å²) in [6.45, 7) is 2.82. The second-order valence-electron chi connectivity index (χ2n) is 5.03. The van der Waals surface area contributed by atoms with Crippen molar-refractivity contribution in [2.75, 3.05) is 24.6 Å². The predicted octanol–water partition coefficient (Wildman–Crippen LogP) is 1.19. The molecular weight excluding hydrogens is 300 g/mol. The normalized spacial score (nSPS) is 20.5. The van der Waals surface area contributed by atoms with E-state index in [9.17, 15) is 9.59 Å². The molecule has 1 amide bonds. The monoisotopic (exact) mass is 320 g/mol. The zero-order valence-corrected chi connectivity index (χ0v) is 13.3. The number of hydrogen-bond donors (Lipinski definition) is 2. The van der Waals surface area contributed by atoms with Crippen molar-refractivity contribution in [2.24, 2.45) is 5.73 Å². The summed E-state index contributed by atoms with van der Waals surface area (Å²) in [4.78, 5) is 24.3. The molecule has 3 N–H and O–H groups in total. The van der Waals surface area contributed by atoms with Crippen LogP contribution in [0, 0.1) is 0 Å². The third kappa shape index (κ3) is 3.69. The van der Waals surface area contributed by atoms with Crippen LogP contribution in [0.25, 0.3) is 0 Å². The second kappa shape index (κ2) is 7.47. The first-order valence-electron chi connectivity index (χ1n) is 7.14. The fourth-order valence-electron chi connectivity index (χ4n) is 2.13. The number of ketones is 1. The van der Waals surface area contributed by atoms with E-state index in [1.54, 1.807) is 18.7 Å². The summed E-state index contributed by atoms with van der Waals surface area (Å²) in [5, 5.41) is 2.75. The number of rotatable bonds is 7. The molecule has 0 spiro atoms. The topological polar surface area (TPSA) is 81.4 Å². The van der Waals surface area contributed by atoms with Gasteiger partial charge in [-0.25, -0.2) is 0 Å². The third-order valence-corrected chi connectivity index (χ3v) is 4.41. The average molecular weight is 320 g/mol. The summed E-state index contributed by atoms with van der Waals surface area (Å²) < 4.78 is 5.66. The van der Waals surface area contributed by atoms with Gasteiger partial charge in [0.15, 0.2) is 11.4 Å². The SMILES string of the molecule is CC1(c2ccccc2)OC(C(=O)NCCSCCN)=CC1=O. The Morgan fingerprint density at radius 1 is 1.32 bits per heavy atom. The highest BCUT2D eigenvalue weighted by Gasteiger charge is 2.43. The van der Waals surface area contributed by atoms with Crippen molar-refractivity contribution in [3.05, 3.63) is 47.7 Å². The van der Waals surface area contributed by atoms with Crippen LogP contribution in [0.1, 0.15) is 12.5 Å². The van der Waals surface area contributed by atoms with Crippen molar-refractivity contribution in [2.45, 2.75) is 12.5 Å². The standard InChI is InChI=1S/C16H20N2O3S/c1-16(12-5-3-2-4-6-12)14(19)11-13(21-16)15(20)18-8-10-22-9-7-17/h2-6,11H,7-10,17H2,1H3,(H,18,20). The molecule has 5 nitrogen and oxygen atoms in total. The smallest absolute Gasteiger partial charge is 0.286 e. The molecule has 0 radical (unpaired) electrons. The van der Waals surface area contributed by atoms with E-state index in [1.807, 2.05) is 30.3 Å². The average Bonchev–Trinajstić information content (AvgIpc) is 2.85. The molecule has 1 aliphatic heterocycles. The molecule has 2 rings (SSSR count). The maximum Gasteiger partial charge on any atom is 0.286 e. The number of benzene rings is 1. The van der Waals surface area contributed by atoms with Gasteiger partial charge in [-0.1, -0.05) is 30.3 Å². The third-order valence-electron chi connectivity index (χ3n) is 3.39. The van der Waals surface area contributed by atoms with Crippen molar-refractivity contribution < 1.29 is 14.3 Å². The Labute approximate surface area is 134 Å². The molecule has 22 heavy (non-hydrogen) atoms. The number of thioether (sulfide) groups is 1. The molecule has 1 unspecified atom stereocenters. The zero-order chi connectivity index (χ0) is 16.0. The van der Waals surface area contributed by atoms with Crippen molar-refractivity contribution in [3.63, 3.8) is 0 Å². The summed E-state index contributed by atoms with van der Waals surface area (Å²) in [5.74, 6) is 1.13. The van der Waals surface area contributed by atoms with E-state index in [0.717, 1.165) is 17.1 Å². The van der Waals surface area contributed by atoms with Gasteiger partial charge in [0.05, 0.1) is 0 Å². The Hall–Kier alpha value is -1.79. The summed E-state index contributed by atoms with van der Waals surface area (Å²) >= 11 is 1.67.